The highest BCUT2D eigenvalue weighted by Crippen LogP contribution is 2.32. The second-order valence-corrected chi connectivity index (χ2v) is 4.83. The van der Waals surface area contributed by atoms with E-state index in [0.717, 1.165) is 31.9 Å². The fraction of sp³-hybridized carbons (Fsp3) is 0.500. The van der Waals surface area contributed by atoms with Gasteiger partial charge in [0.1, 0.15) is 0 Å². The minimum Gasteiger partial charge on any atom is -0.379 e. The molecule has 0 unspecified atom stereocenters. The zero-order valence-corrected chi connectivity index (χ0v) is 11.0. The van der Waals surface area contributed by atoms with Crippen LogP contribution in [0, 0.1) is 0 Å². The maximum Gasteiger partial charge on any atom is 0.0640 e. The van der Waals surface area contributed by atoms with Crippen molar-refractivity contribution in [3.8, 4) is 0 Å². The van der Waals surface area contributed by atoms with E-state index in [2.05, 4.69) is 4.90 Å². The zero-order valence-electron chi connectivity index (χ0n) is 9.53. The van der Waals surface area contributed by atoms with Crippen molar-refractivity contribution in [1.82, 2.24) is 4.90 Å². The molecule has 1 aromatic rings. The fourth-order valence-corrected chi connectivity index (χ4v) is 2.57. The minimum absolute atomic E-state index is 0.116. The van der Waals surface area contributed by atoms with Gasteiger partial charge in [-0.1, -0.05) is 35.3 Å². The van der Waals surface area contributed by atoms with E-state index in [-0.39, 0.29) is 6.04 Å². The molecule has 94 valence electrons. The first-order valence-corrected chi connectivity index (χ1v) is 6.45. The number of halogens is 2. The van der Waals surface area contributed by atoms with Crippen LogP contribution in [0.25, 0.3) is 0 Å². The first kappa shape index (κ1) is 13.1. The topological polar surface area (TPSA) is 38.5 Å². The smallest absolute Gasteiger partial charge is 0.0640 e. The Morgan fingerprint density at radius 3 is 2.65 bits per heavy atom. The molecule has 1 aromatic carbocycles. The van der Waals surface area contributed by atoms with Crippen LogP contribution in [-0.4, -0.2) is 37.7 Å². The number of rotatable bonds is 3. The van der Waals surface area contributed by atoms with Crippen LogP contribution in [0.5, 0.6) is 0 Å². The van der Waals surface area contributed by atoms with Gasteiger partial charge in [-0.25, -0.2) is 0 Å². The summed E-state index contributed by atoms with van der Waals surface area (Å²) in [6.45, 7) is 3.78. The Morgan fingerprint density at radius 2 is 2.00 bits per heavy atom. The summed E-state index contributed by atoms with van der Waals surface area (Å²) < 4.78 is 5.34. The lowest BCUT2D eigenvalue weighted by Gasteiger charge is -2.34. The molecule has 17 heavy (non-hydrogen) atoms. The van der Waals surface area contributed by atoms with Gasteiger partial charge in [0.15, 0.2) is 0 Å². The van der Waals surface area contributed by atoms with E-state index in [4.69, 9.17) is 33.7 Å². The molecule has 0 radical (unpaired) electrons. The van der Waals surface area contributed by atoms with Crippen LogP contribution in [0.2, 0.25) is 10.0 Å². The number of benzene rings is 1. The maximum absolute atomic E-state index is 6.24. The van der Waals surface area contributed by atoms with Crippen LogP contribution >= 0.6 is 23.2 Å². The predicted molar refractivity (Wildman–Crippen MR) is 70.6 cm³/mol. The highest BCUT2D eigenvalue weighted by molar-refractivity contribution is 6.42. The van der Waals surface area contributed by atoms with Crippen molar-refractivity contribution in [3.05, 3.63) is 33.8 Å². The lowest BCUT2D eigenvalue weighted by molar-refractivity contribution is 0.0179. The van der Waals surface area contributed by atoms with Crippen LogP contribution in [0.3, 0.4) is 0 Å². The Bertz CT molecular complexity index is 381. The minimum atomic E-state index is 0.116. The van der Waals surface area contributed by atoms with Crippen molar-refractivity contribution >= 4 is 23.2 Å². The Kier molecular flexibility index (Phi) is 4.65. The van der Waals surface area contributed by atoms with Gasteiger partial charge >= 0.3 is 0 Å². The van der Waals surface area contributed by atoms with Gasteiger partial charge in [-0.2, -0.15) is 0 Å². The molecule has 2 N–H and O–H groups in total. The molecule has 1 aliphatic heterocycles. The maximum atomic E-state index is 6.24. The van der Waals surface area contributed by atoms with E-state index in [9.17, 15) is 0 Å². The van der Waals surface area contributed by atoms with Crippen molar-refractivity contribution in [2.24, 2.45) is 5.73 Å². The molecule has 0 bridgehead atoms. The van der Waals surface area contributed by atoms with Crippen molar-refractivity contribution in [2.45, 2.75) is 6.04 Å². The van der Waals surface area contributed by atoms with E-state index in [1.54, 1.807) is 6.07 Å². The normalized spacial score (nSPS) is 19.2. The van der Waals surface area contributed by atoms with Crippen LogP contribution in [0.4, 0.5) is 0 Å². The molecule has 3 nitrogen and oxygen atoms in total. The van der Waals surface area contributed by atoms with Crippen LogP contribution < -0.4 is 5.73 Å². The van der Waals surface area contributed by atoms with Gasteiger partial charge in [-0.15, -0.1) is 0 Å². The lowest BCUT2D eigenvalue weighted by atomic mass is 10.0. The quantitative estimate of drug-likeness (QED) is 0.920. The lowest BCUT2D eigenvalue weighted by Crippen LogP contribution is -2.41. The second-order valence-electron chi connectivity index (χ2n) is 4.04. The molecule has 1 saturated heterocycles. The van der Waals surface area contributed by atoms with Gasteiger partial charge in [0.05, 0.1) is 23.3 Å². The van der Waals surface area contributed by atoms with Crippen molar-refractivity contribution in [2.75, 3.05) is 32.8 Å². The molecule has 2 rings (SSSR count). The summed E-state index contributed by atoms with van der Waals surface area (Å²) in [5, 5.41) is 1.19. The third kappa shape index (κ3) is 2.92. The van der Waals surface area contributed by atoms with Crippen LogP contribution in [-0.2, 0) is 4.74 Å². The Hall–Kier alpha value is -0.320. The molecule has 1 aliphatic rings. The molecule has 0 saturated carbocycles. The van der Waals surface area contributed by atoms with Crippen LogP contribution in [0.1, 0.15) is 11.6 Å². The third-order valence-electron chi connectivity index (χ3n) is 3.05. The number of nitrogens with zero attached hydrogens (tertiary/aromatic N) is 1. The zero-order chi connectivity index (χ0) is 12.3. The fourth-order valence-electron chi connectivity index (χ4n) is 2.14. The first-order valence-electron chi connectivity index (χ1n) is 5.70. The highest BCUT2D eigenvalue weighted by Gasteiger charge is 2.23. The summed E-state index contributed by atoms with van der Waals surface area (Å²) in [7, 11) is 0. The summed E-state index contributed by atoms with van der Waals surface area (Å²) in [5.41, 5.74) is 6.87. The number of nitrogens with two attached hydrogens (primary N) is 1. The number of ether oxygens (including phenoxy) is 1. The van der Waals surface area contributed by atoms with Crippen molar-refractivity contribution in [3.63, 3.8) is 0 Å². The predicted octanol–water partition coefficient (Wildman–Crippen LogP) is 2.33. The van der Waals surface area contributed by atoms with E-state index in [1.807, 2.05) is 12.1 Å². The van der Waals surface area contributed by atoms with Crippen molar-refractivity contribution in [1.29, 1.82) is 0 Å². The number of morpholine rings is 1. The molecule has 1 heterocycles. The van der Waals surface area contributed by atoms with Gasteiger partial charge in [0, 0.05) is 25.7 Å². The largest absolute Gasteiger partial charge is 0.379 e. The van der Waals surface area contributed by atoms with E-state index in [1.165, 1.54) is 0 Å². The molecular weight excluding hydrogens is 259 g/mol. The van der Waals surface area contributed by atoms with Gasteiger partial charge < -0.3 is 10.5 Å². The monoisotopic (exact) mass is 274 g/mol. The van der Waals surface area contributed by atoms with E-state index >= 15 is 0 Å². The van der Waals surface area contributed by atoms with E-state index < -0.39 is 0 Å². The average molecular weight is 275 g/mol. The van der Waals surface area contributed by atoms with E-state index in [0.29, 0.717) is 16.6 Å². The molecule has 1 atom stereocenters. The highest BCUT2D eigenvalue weighted by atomic mass is 35.5. The molecule has 1 fully saturated rings. The number of hydrogen-bond donors (Lipinski definition) is 1. The molecule has 0 amide bonds. The Balaban J connectivity index is 2.24. The standard InChI is InChI=1S/C12H16Cl2N2O/c13-10-3-1-2-9(12(10)14)11(8-15)16-4-6-17-7-5-16/h1-3,11H,4-8,15H2/t11-/m0/s1. The SMILES string of the molecule is NC[C@@H](c1cccc(Cl)c1Cl)N1CCOCC1. The van der Waals surface area contributed by atoms with Crippen molar-refractivity contribution < 1.29 is 4.74 Å². The summed E-state index contributed by atoms with van der Waals surface area (Å²) in [5.74, 6) is 0. The number of hydrogen-bond acceptors (Lipinski definition) is 3. The molecule has 5 heteroatoms. The molecule has 0 spiro atoms. The first-order chi connectivity index (χ1) is 8.24. The summed E-state index contributed by atoms with van der Waals surface area (Å²) in [4.78, 5) is 2.29. The summed E-state index contributed by atoms with van der Waals surface area (Å²) >= 11 is 12.3. The average Bonchev–Trinajstić information content (AvgIpc) is 2.37. The Labute approximate surface area is 111 Å². The van der Waals surface area contributed by atoms with Gasteiger partial charge in [-0.3, -0.25) is 4.90 Å². The van der Waals surface area contributed by atoms with Gasteiger partial charge in [-0.05, 0) is 11.6 Å². The molecule has 0 aromatic heterocycles. The molecule has 0 aliphatic carbocycles. The van der Waals surface area contributed by atoms with Crippen LogP contribution in [0.15, 0.2) is 18.2 Å². The Morgan fingerprint density at radius 1 is 1.29 bits per heavy atom. The summed E-state index contributed by atoms with van der Waals surface area (Å²) in [6.07, 6.45) is 0. The molecular formula is C12H16Cl2N2O. The second kappa shape index (κ2) is 6.03. The third-order valence-corrected chi connectivity index (χ3v) is 3.88. The van der Waals surface area contributed by atoms with Gasteiger partial charge in [0.2, 0.25) is 0 Å². The van der Waals surface area contributed by atoms with Gasteiger partial charge in [0.25, 0.3) is 0 Å². The summed E-state index contributed by atoms with van der Waals surface area (Å²) in [6, 6.07) is 5.80.